The molecule has 0 bridgehead atoms. The van der Waals surface area contributed by atoms with Gasteiger partial charge in [-0.25, -0.2) is 0 Å². The monoisotopic (exact) mass is 1020 g/mol. The van der Waals surface area contributed by atoms with Crippen LogP contribution in [0.4, 0.5) is 0 Å². The third kappa shape index (κ3) is 30.7. The van der Waals surface area contributed by atoms with Crippen LogP contribution < -0.4 is 0 Å². The van der Waals surface area contributed by atoms with Gasteiger partial charge in [0.15, 0.2) is 18.7 Å². The number of carbonyl (C=O) groups excluding carboxylic acids is 2. The lowest BCUT2D eigenvalue weighted by molar-refractivity contribution is -0.332. The summed E-state index contributed by atoms with van der Waals surface area (Å²) in [6.07, 6.45) is 32.7. The molecule has 11 atom stereocenters. The highest BCUT2D eigenvalue weighted by atomic mass is 16.7. The Bertz CT molecular complexity index is 1440. The Morgan fingerprint density at radius 2 is 0.861 bits per heavy atom. The normalized spacial score (nSPS) is 25.3. The number of carbonyl (C=O) groups is 2. The second-order valence-corrected chi connectivity index (χ2v) is 19.8. The lowest BCUT2D eigenvalue weighted by atomic mass is 9.98. The summed E-state index contributed by atoms with van der Waals surface area (Å²) >= 11 is 0. The Labute approximate surface area is 433 Å². The summed E-state index contributed by atoms with van der Waals surface area (Å²) in [6, 6.07) is 0. The molecule has 418 valence electrons. The third-order valence-electron chi connectivity index (χ3n) is 13.3. The van der Waals surface area contributed by atoms with E-state index in [1.165, 1.54) is 103 Å². The molecule has 2 aliphatic rings. The van der Waals surface area contributed by atoms with Crippen LogP contribution in [-0.4, -0.2) is 142 Å². The lowest BCUT2D eigenvalue weighted by Gasteiger charge is -2.42. The van der Waals surface area contributed by atoms with Gasteiger partial charge in [0.2, 0.25) is 0 Å². The quantitative estimate of drug-likeness (QED) is 0.0171. The number of unbranched alkanes of at least 4 members (excludes halogenated alkanes) is 22. The molecule has 0 spiro atoms. The molecule has 2 saturated heterocycles. The van der Waals surface area contributed by atoms with Crippen molar-refractivity contribution in [3.63, 3.8) is 0 Å². The summed E-state index contributed by atoms with van der Waals surface area (Å²) in [6.45, 7) is 2.51. The van der Waals surface area contributed by atoms with Crippen LogP contribution in [0.25, 0.3) is 0 Å². The molecule has 0 aliphatic carbocycles. The number of allylic oxidation sites excluding steroid dienone is 8. The van der Waals surface area contributed by atoms with Crippen molar-refractivity contribution in [1.29, 1.82) is 0 Å². The maximum Gasteiger partial charge on any atom is 0.306 e. The van der Waals surface area contributed by atoms with Crippen molar-refractivity contribution < 1.29 is 73.8 Å². The molecule has 0 aromatic rings. The van der Waals surface area contributed by atoms with Gasteiger partial charge >= 0.3 is 11.9 Å². The van der Waals surface area contributed by atoms with E-state index in [1.54, 1.807) is 0 Å². The zero-order valence-electron chi connectivity index (χ0n) is 44.4. The van der Waals surface area contributed by atoms with Gasteiger partial charge in [-0.05, 0) is 51.4 Å². The molecule has 0 amide bonds. The Balaban J connectivity index is 1.78. The van der Waals surface area contributed by atoms with Gasteiger partial charge in [0.25, 0.3) is 0 Å². The number of hydrogen-bond donors (Lipinski definition) is 7. The van der Waals surface area contributed by atoms with Crippen molar-refractivity contribution in [3.05, 3.63) is 48.6 Å². The van der Waals surface area contributed by atoms with Crippen LogP contribution in [0.1, 0.15) is 206 Å². The molecule has 2 heterocycles. The first-order valence-corrected chi connectivity index (χ1v) is 28.2. The van der Waals surface area contributed by atoms with Gasteiger partial charge in [0, 0.05) is 12.8 Å². The predicted octanol–water partition coefficient (Wildman–Crippen LogP) is 9.05. The zero-order chi connectivity index (χ0) is 52.4. The fourth-order valence-corrected chi connectivity index (χ4v) is 8.68. The van der Waals surface area contributed by atoms with E-state index in [9.17, 15) is 45.3 Å². The third-order valence-corrected chi connectivity index (χ3v) is 13.3. The van der Waals surface area contributed by atoms with E-state index < -0.39 is 99.3 Å². The van der Waals surface area contributed by atoms with Crippen LogP contribution in [0.2, 0.25) is 0 Å². The summed E-state index contributed by atoms with van der Waals surface area (Å²) in [5, 5.41) is 72.2. The lowest BCUT2D eigenvalue weighted by Crippen LogP contribution is -2.61. The van der Waals surface area contributed by atoms with E-state index in [2.05, 4.69) is 62.5 Å². The molecular formula is C57H100O15. The summed E-state index contributed by atoms with van der Waals surface area (Å²) in [4.78, 5) is 25.8. The van der Waals surface area contributed by atoms with Crippen molar-refractivity contribution in [2.24, 2.45) is 0 Å². The molecule has 7 N–H and O–H groups in total. The van der Waals surface area contributed by atoms with E-state index in [0.717, 1.165) is 64.2 Å². The van der Waals surface area contributed by atoms with Crippen molar-refractivity contribution in [2.75, 3.05) is 26.4 Å². The van der Waals surface area contributed by atoms with Crippen molar-refractivity contribution in [3.8, 4) is 0 Å². The van der Waals surface area contributed by atoms with Crippen LogP contribution in [-0.2, 0) is 38.0 Å². The maximum atomic E-state index is 13.1. The highest BCUT2D eigenvalue weighted by Crippen LogP contribution is 2.27. The van der Waals surface area contributed by atoms with E-state index in [1.807, 2.05) is 0 Å². The zero-order valence-corrected chi connectivity index (χ0v) is 44.4. The summed E-state index contributed by atoms with van der Waals surface area (Å²) in [7, 11) is 0. The summed E-state index contributed by atoms with van der Waals surface area (Å²) < 4.78 is 33.6. The smallest absolute Gasteiger partial charge is 0.306 e. The molecule has 2 rings (SSSR count). The first-order chi connectivity index (χ1) is 35.0. The van der Waals surface area contributed by atoms with E-state index in [4.69, 9.17) is 28.4 Å². The van der Waals surface area contributed by atoms with E-state index >= 15 is 0 Å². The standard InChI is InChI=1S/C57H100O15/c1-3-5-7-9-11-13-15-17-19-21-22-24-26-28-30-32-34-36-38-40-49(60)70-45(42-67-48(59)39-37-35-33-31-29-27-25-23-20-18-16-14-12-10-8-6-4-2)43-68-56-55(66)53(64)51(62)47(72-56)44-69-57-54(65)52(63)50(61)46(41-58)71-57/h8,10,14,16,20,23,27,29,45-47,50-58,61-66H,3-7,9,11-13,15,17-19,21-22,24-26,28,30-44H2,1-2H3/b10-8+,16-14+,23-20+,29-27+/t45-,46+,47+,50-,51-,52?,53?,54?,55?,56+,57+/m1/s1. The number of aliphatic hydroxyl groups excluding tert-OH is 7. The first kappa shape index (κ1) is 65.6. The first-order valence-electron chi connectivity index (χ1n) is 28.2. The van der Waals surface area contributed by atoms with E-state index in [0.29, 0.717) is 12.8 Å². The fraction of sp³-hybridized carbons (Fsp3) is 0.825. The molecule has 15 heteroatoms. The molecule has 2 aliphatic heterocycles. The van der Waals surface area contributed by atoms with Gasteiger partial charge in [-0.2, -0.15) is 0 Å². The van der Waals surface area contributed by atoms with Crippen LogP contribution in [0.15, 0.2) is 48.6 Å². The molecule has 0 aromatic carbocycles. The molecular weight excluding hydrogens is 925 g/mol. The van der Waals surface area contributed by atoms with Crippen LogP contribution in [0.5, 0.6) is 0 Å². The molecule has 0 radical (unpaired) electrons. The summed E-state index contributed by atoms with van der Waals surface area (Å²) in [5.41, 5.74) is 0. The minimum atomic E-state index is -1.77. The summed E-state index contributed by atoms with van der Waals surface area (Å²) in [5.74, 6) is -0.955. The minimum Gasteiger partial charge on any atom is -0.462 e. The van der Waals surface area contributed by atoms with Crippen LogP contribution >= 0.6 is 0 Å². The van der Waals surface area contributed by atoms with E-state index in [-0.39, 0.29) is 19.4 Å². The second-order valence-electron chi connectivity index (χ2n) is 19.8. The number of aliphatic hydroxyl groups is 7. The van der Waals surface area contributed by atoms with Crippen LogP contribution in [0.3, 0.4) is 0 Å². The Kier molecular flexibility index (Phi) is 39.8. The molecule has 2 fully saturated rings. The average Bonchev–Trinajstić information content (AvgIpc) is 3.37. The van der Waals surface area contributed by atoms with Crippen LogP contribution in [0, 0.1) is 0 Å². The predicted molar refractivity (Wildman–Crippen MR) is 280 cm³/mol. The highest BCUT2D eigenvalue weighted by molar-refractivity contribution is 5.70. The van der Waals surface area contributed by atoms with Crippen molar-refractivity contribution in [2.45, 2.75) is 274 Å². The Morgan fingerprint density at radius 3 is 1.36 bits per heavy atom. The number of rotatable bonds is 44. The molecule has 4 unspecified atom stereocenters. The molecule has 0 saturated carbocycles. The largest absolute Gasteiger partial charge is 0.462 e. The van der Waals surface area contributed by atoms with Gasteiger partial charge in [0.1, 0.15) is 55.4 Å². The van der Waals surface area contributed by atoms with Gasteiger partial charge < -0.3 is 64.2 Å². The number of hydrogen-bond acceptors (Lipinski definition) is 15. The fourth-order valence-electron chi connectivity index (χ4n) is 8.68. The van der Waals surface area contributed by atoms with Gasteiger partial charge in [-0.3, -0.25) is 9.59 Å². The molecule has 0 aromatic heterocycles. The van der Waals surface area contributed by atoms with Crippen molar-refractivity contribution >= 4 is 11.9 Å². The maximum absolute atomic E-state index is 13.1. The molecule has 15 nitrogen and oxygen atoms in total. The topological polar surface area (TPSA) is 231 Å². The molecule has 72 heavy (non-hydrogen) atoms. The van der Waals surface area contributed by atoms with Gasteiger partial charge in [-0.1, -0.05) is 191 Å². The Hall–Kier alpha value is -2.54. The van der Waals surface area contributed by atoms with Crippen molar-refractivity contribution in [1.82, 2.24) is 0 Å². The van der Waals surface area contributed by atoms with Gasteiger partial charge in [-0.15, -0.1) is 0 Å². The number of ether oxygens (including phenoxy) is 6. The second kappa shape index (κ2) is 43.7. The minimum absolute atomic E-state index is 0.160. The number of esters is 2. The average molecular weight is 1030 g/mol. The highest BCUT2D eigenvalue weighted by Gasteiger charge is 2.47. The Morgan fingerprint density at radius 1 is 0.444 bits per heavy atom. The van der Waals surface area contributed by atoms with Gasteiger partial charge in [0.05, 0.1) is 19.8 Å². The SMILES string of the molecule is CCC/C=C/C/C=C/C/C=C/C/C=C/CCCCCC(=O)OC[C@H](CO[C@H]1O[C@@H](CO[C@H]2O[C@@H](CO)[C@@H](O)C(O)C2O)[C@@H](O)C(O)C1O)OC(=O)CCCCCCCCCCCCCCCCCCCCC.